The molecule has 0 spiro atoms. The van der Waals surface area contributed by atoms with E-state index in [9.17, 15) is 4.79 Å². The molecule has 5 heteroatoms. The molecule has 0 aliphatic rings. The van der Waals surface area contributed by atoms with Crippen molar-refractivity contribution in [3.05, 3.63) is 64.7 Å². The largest absolute Gasteiger partial charge is 0.488 e. The first-order valence-electron chi connectivity index (χ1n) is 7.44. The highest BCUT2D eigenvalue weighted by Crippen LogP contribution is 2.24. The van der Waals surface area contributed by atoms with Gasteiger partial charge in [-0.2, -0.15) is 0 Å². The van der Waals surface area contributed by atoms with Crippen molar-refractivity contribution in [1.82, 2.24) is 5.32 Å². The van der Waals surface area contributed by atoms with Gasteiger partial charge in [0.25, 0.3) is 5.91 Å². The zero-order valence-corrected chi connectivity index (χ0v) is 13.8. The lowest BCUT2D eigenvalue weighted by Crippen LogP contribution is -2.25. The Balaban J connectivity index is 2.03. The molecule has 1 N–H and O–H groups in total. The van der Waals surface area contributed by atoms with E-state index < -0.39 is 0 Å². The summed E-state index contributed by atoms with van der Waals surface area (Å²) in [6.07, 6.45) is 0.753. The van der Waals surface area contributed by atoms with E-state index in [2.05, 4.69) is 5.32 Å². The summed E-state index contributed by atoms with van der Waals surface area (Å²) >= 11 is 6.01. The van der Waals surface area contributed by atoms with Gasteiger partial charge in [0.05, 0.1) is 5.56 Å². The Hall–Kier alpha value is -2.04. The van der Waals surface area contributed by atoms with Crippen LogP contribution in [0.2, 0.25) is 5.02 Å². The maximum absolute atomic E-state index is 12.3. The molecule has 0 saturated carbocycles. The first-order valence-corrected chi connectivity index (χ1v) is 7.82. The molecule has 23 heavy (non-hydrogen) atoms. The van der Waals surface area contributed by atoms with Gasteiger partial charge in [0.15, 0.2) is 0 Å². The summed E-state index contributed by atoms with van der Waals surface area (Å²) in [4.78, 5) is 12.3. The fraction of sp³-hybridized carbons (Fsp3) is 0.278. The Bertz CT molecular complexity index is 631. The minimum Gasteiger partial charge on any atom is -0.488 e. The van der Waals surface area contributed by atoms with Crippen LogP contribution in [0.1, 0.15) is 22.3 Å². The van der Waals surface area contributed by atoms with E-state index >= 15 is 0 Å². The summed E-state index contributed by atoms with van der Waals surface area (Å²) in [5, 5.41) is 3.34. The van der Waals surface area contributed by atoms with Gasteiger partial charge in [-0.15, -0.1) is 0 Å². The van der Waals surface area contributed by atoms with Crippen LogP contribution in [0.25, 0.3) is 0 Å². The maximum atomic E-state index is 12.3. The first kappa shape index (κ1) is 17.3. The zero-order chi connectivity index (χ0) is 16.5. The molecule has 2 rings (SSSR count). The number of halogens is 1. The number of benzene rings is 2. The van der Waals surface area contributed by atoms with Crippen molar-refractivity contribution in [3.63, 3.8) is 0 Å². The minimum atomic E-state index is -0.202. The molecular weight excluding hydrogens is 314 g/mol. The number of rotatable bonds is 8. The molecule has 122 valence electrons. The van der Waals surface area contributed by atoms with Crippen LogP contribution in [0.5, 0.6) is 5.75 Å². The fourth-order valence-electron chi connectivity index (χ4n) is 2.05. The van der Waals surface area contributed by atoms with E-state index in [0.717, 1.165) is 12.0 Å². The summed E-state index contributed by atoms with van der Waals surface area (Å²) in [6, 6.07) is 14.8. The molecule has 0 aliphatic heterocycles. The molecule has 2 aromatic rings. The van der Waals surface area contributed by atoms with E-state index in [0.29, 0.717) is 36.1 Å². The molecule has 2 aromatic carbocycles. The maximum Gasteiger partial charge on any atom is 0.255 e. The Morgan fingerprint density at radius 2 is 1.96 bits per heavy atom. The van der Waals surface area contributed by atoms with Gasteiger partial charge in [0.2, 0.25) is 0 Å². The Labute approximate surface area is 141 Å². The van der Waals surface area contributed by atoms with Crippen molar-refractivity contribution in [1.29, 1.82) is 0 Å². The second-order valence-corrected chi connectivity index (χ2v) is 5.45. The predicted molar refractivity (Wildman–Crippen MR) is 91.1 cm³/mol. The monoisotopic (exact) mass is 333 g/mol. The molecule has 4 nitrogen and oxygen atoms in total. The van der Waals surface area contributed by atoms with E-state index in [-0.39, 0.29) is 5.91 Å². The van der Waals surface area contributed by atoms with Crippen molar-refractivity contribution in [2.45, 2.75) is 13.0 Å². The number of hydrogen-bond acceptors (Lipinski definition) is 3. The lowest BCUT2D eigenvalue weighted by molar-refractivity contribution is 0.0944. The van der Waals surface area contributed by atoms with Crippen LogP contribution in [0, 0.1) is 0 Å². The average molecular weight is 334 g/mol. The van der Waals surface area contributed by atoms with Crippen LogP contribution < -0.4 is 10.1 Å². The summed E-state index contributed by atoms with van der Waals surface area (Å²) in [5.41, 5.74) is 1.47. The van der Waals surface area contributed by atoms with Crippen molar-refractivity contribution >= 4 is 17.5 Å². The highest BCUT2D eigenvalue weighted by molar-refractivity contribution is 6.31. The summed E-state index contributed by atoms with van der Waals surface area (Å²) in [7, 11) is 1.63. The fourth-order valence-corrected chi connectivity index (χ4v) is 2.23. The van der Waals surface area contributed by atoms with Crippen molar-refractivity contribution in [2.75, 3.05) is 20.3 Å². The van der Waals surface area contributed by atoms with Gasteiger partial charge in [-0.25, -0.2) is 0 Å². The van der Waals surface area contributed by atoms with Crippen LogP contribution in [0.15, 0.2) is 48.5 Å². The molecule has 0 aromatic heterocycles. The molecule has 0 saturated heterocycles. The molecule has 0 fully saturated rings. The SMILES string of the molecule is COCCCNC(=O)c1cc(Cl)ccc1OCc1ccccc1. The van der Waals surface area contributed by atoms with Gasteiger partial charge in [-0.1, -0.05) is 41.9 Å². The van der Waals surface area contributed by atoms with Gasteiger partial charge in [0.1, 0.15) is 12.4 Å². The molecule has 0 aliphatic carbocycles. The Kier molecular flexibility index (Phi) is 6.91. The predicted octanol–water partition coefficient (Wildman–Crippen LogP) is 3.69. The number of amides is 1. The van der Waals surface area contributed by atoms with Crippen molar-refractivity contribution in [2.24, 2.45) is 0 Å². The number of carbonyl (C=O) groups is 1. The standard InChI is InChI=1S/C18H20ClNO3/c1-22-11-5-10-20-18(21)16-12-15(19)8-9-17(16)23-13-14-6-3-2-4-7-14/h2-4,6-9,12H,5,10-11,13H2,1H3,(H,20,21). The van der Waals surface area contributed by atoms with Gasteiger partial charge in [0, 0.05) is 25.3 Å². The van der Waals surface area contributed by atoms with E-state index in [4.69, 9.17) is 21.1 Å². The van der Waals surface area contributed by atoms with Crippen molar-refractivity contribution < 1.29 is 14.3 Å². The molecule has 0 heterocycles. The van der Waals surface area contributed by atoms with Gasteiger partial charge < -0.3 is 14.8 Å². The third-order valence-electron chi connectivity index (χ3n) is 3.23. The number of nitrogens with one attached hydrogen (secondary N) is 1. The topological polar surface area (TPSA) is 47.6 Å². The molecular formula is C18H20ClNO3. The quantitative estimate of drug-likeness (QED) is 0.749. The smallest absolute Gasteiger partial charge is 0.255 e. The number of ether oxygens (including phenoxy) is 2. The lowest BCUT2D eigenvalue weighted by Gasteiger charge is -2.12. The molecule has 0 atom stereocenters. The van der Waals surface area contributed by atoms with E-state index in [1.165, 1.54) is 0 Å². The number of methoxy groups -OCH3 is 1. The molecule has 1 amide bonds. The summed E-state index contributed by atoms with van der Waals surface area (Å²) in [5.74, 6) is 0.314. The Morgan fingerprint density at radius 3 is 2.70 bits per heavy atom. The lowest BCUT2D eigenvalue weighted by atomic mass is 10.2. The van der Waals surface area contributed by atoms with Crippen LogP contribution >= 0.6 is 11.6 Å². The third-order valence-corrected chi connectivity index (χ3v) is 3.47. The van der Waals surface area contributed by atoms with E-state index in [1.54, 1.807) is 25.3 Å². The molecule has 0 radical (unpaired) electrons. The van der Waals surface area contributed by atoms with Gasteiger partial charge in [-0.3, -0.25) is 4.79 Å². The van der Waals surface area contributed by atoms with Gasteiger partial charge >= 0.3 is 0 Å². The van der Waals surface area contributed by atoms with E-state index in [1.807, 2.05) is 30.3 Å². The van der Waals surface area contributed by atoms with Crippen LogP contribution in [-0.2, 0) is 11.3 Å². The van der Waals surface area contributed by atoms with Gasteiger partial charge in [-0.05, 0) is 30.2 Å². The number of carbonyl (C=O) groups excluding carboxylic acids is 1. The first-order chi connectivity index (χ1) is 11.2. The second-order valence-electron chi connectivity index (χ2n) is 5.02. The van der Waals surface area contributed by atoms with Crippen LogP contribution in [-0.4, -0.2) is 26.2 Å². The minimum absolute atomic E-state index is 0.202. The molecule has 0 bridgehead atoms. The zero-order valence-electron chi connectivity index (χ0n) is 13.0. The Morgan fingerprint density at radius 1 is 1.17 bits per heavy atom. The normalized spacial score (nSPS) is 10.3. The summed E-state index contributed by atoms with van der Waals surface area (Å²) < 4.78 is 10.7. The van der Waals surface area contributed by atoms with Crippen molar-refractivity contribution in [3.8, 4) is 5.75 Å². The highest BCUT2D eigenvalue weighted by Gasteiger charge is 2.13. The van der Waals surface area contributed by atoms with Crippen LogP contribution in [0.3, 0.4) is 0 Å². The number of hydrogen-bond donors (Lipinski definition) is 1. The second kappa shape index (κ2) is 9.18. The highest BCUT2D eigenvalue weighted by atomic mass is 35.5. The molecule has 0 unspecified atom stereocenters. The average Bonchev–Trinajstić information content (AvgIpc) is 2.58. The third kappa shape index (κ3) is 5.58. The summed E-state index contributed by atoms with van der Waals surface area (Å²) in [6.45, 7) is 1.54. The van der Waals surface area contributed by atoms with Crippen LogP contribution in [0.4, 0.5) is 0 Å².